The van der Waals surface area contributed by atoms with Crippen molar-refractivity contribution in [2.75, 3.05) is 4.90 Å². The van der Waals surface area contributed by atoms with Crippen LogP contribution in [-0.4, -0.2) is 19.9 Å². The Kier molecular flexibility index (Phi) is 7.84. The zero-order valence-corrected chi connectivity index (χ0v) is 16.6. The van der Waals surface area contributed by atoms with Crippen LogP contribution in [0, 0.1) is 0 Å². The predicted molar refractivity (Wildman–Crippen MR) is 116 cm³/mol. The monoisotopic (exact) mass is 383 g/mol. The molecule has 0 amide bonds. The van der Waals surface area contributed by atoms with E-state index < -0.39 is 0 Å². The summed E-state index contributed by atoms with van der Waals surface area (Å²) in [6.07, 6.45) is 8.28. The maximum absolute atomic E-state index is 4.44. The van der Waals surface area contributed by atoms with Crippen molar-refractivity contribution in [1.82, 2.24) is 19.9 Å². The molecule has 0 unspecified atom stereocenters. The molecule has 0 atom stereocenters. The topological polar surface area (TPSA) is 54.8 Å². The van der Waals surface area contributed by atoms with Crippen LogP contribution in [0.4, 0.5) is 5.82 Å². The predicted octanol–water partition coefficient (Wildman–Crippen LogP) is 4.72. The number of aryl methyl sites for hydroxylation is 1. The molecule has 0 aliphatic heterocycles. The first kappa shape index (κ1) is 20.1. The van der Waals surface area contributed by atoms with Gasteiger partial charge in [-0.25, -0.2) is 4.98 Å². The normalized spacial score (nSPS) is 9.97. The van der Waals surface area contributed by atoms with E-state index in [1.165, 1.54) is 0 Å². The lowest BCUT2D eigenvalue weighted by molar-refractivity contribution is 0.752. The number of aromatic nitrogens is 4. The second-order valence-electron chi connectivity index (χ2n) is 6.36. The number of hydrogen-bond acceptors (Lipinski definition) is 5. The zero-order valence-electron chi connectivity index (χ0n) is 16.6. The van der Waals surface area contributed by atoms with E-state index in [2.05, 4.69) is 31.8 Å². The molecule has 29 heavy (non-hydrogen) atoms. The molecule has 4 aromatic rings. The molecule has 0 radical (unpaired) electrons. The summed E-state index contributed by atoms with van der Waals surface area (Å²) in [6.45, 7) is 3.51. The molecular formula is C24H25N5. The van der Waals surface area contributed by atoms with Crippen molar-refractivity contribution in [3.63, 3.8) is 0 Å². The summed E-state index contributed by atoms with van der Waals surface area (Å²) in [4.78, 5) is 19.5. The summed E-state index contributed by atoms with van der Waals surface area (Å²) in [7, 11) is 0. The van der Waals surface area contributed by atoms with E-state index in [-0.39, 0.29) is 0 Å². The Morgan fingerprint density at radius 2 is 1.00 bits per heavy atom. The van der Waals surface area contributed by atoms with Crippen LogP contribution in [0.25, 0.3) is 0 Å². The van der Waals surface area contributed by atoms with Crippen LogP contribution in [0.15, 0.2) is 97.6 Å². The van der Waals surface area contributed by atoms with Crippen LogP contribution in [-0.2, 0) is 19.5 Å². The van der Waals surface area contributed by atoms with Gasteiger partial charge >= 0.3 is 0 Å². The highest BCUT2D eigenvalue weighted by atomic mass is 15.2. The molecule has 5 heteroatoms. The summed E-state index contributed by atoms with van der Waals surface area (Å²) in [5, 5.41) is 0. The lowest BCUT2D eigenvalue weighted by atomic mass is 10.2. The van der Waals surface area contributed by atoms with Crippen LogP contribution < -0.4 is 4.90 Å². The molecule has 0 bridgehead atoms. The third kappa shape index (κ3) is 6.81. The Balaban J connectivity index is 0.000000252. The van der Waals surface area contributed by atoms with Gasteiger partial charge in [0.05, 0.1) is 24.5 Å². The van der Waals surface area contributed by atoms with E-state index >= 15 is 0 Å². The van der Waals surface area contributed by atoms with Gasteiger partial charge in [0.25, 0.3) is 0 Å². The molecule has 0 aliphatic carbocycles. The van der Waals surface area contributed by atoms with Gasteiger partial charge in [-0.2, -0.15) is 0 Å². The Morgan fingerprint density at radius 3 is 1.34 bits per heavy atom. The zero-order chi connectivity index (χ0) is 20.2. The molecule has 0 spiro atoms. The quantitative estimate of drug-likeness (QED) is 0.482. The first-order valence-electron chi connectivity index (χ1n) is 9.71. The third-order valence-corrected chi connectivity index (χ3v) is 4.22. The van der Waals surface area contributed by atoms with E-state index in [9.17, 15) is 0 Å². The Bertz CT molecular complexity index is 890. The number of rotatable bonds is 6. The maximum Gasteiger partial charge on any atom is 0.129 e. The van der Waals surface area contributed by atoms with Gasteiger partial charge < -0.3 is 4.90 Å². The number of pyridine rings is 4. The molecule has 0 saturated carbocycles. The minimum absolute atomic E-state index is 0.703. The summed E-state index contributed by atoms with van der Waals surface area (Å²) < 4.78 is 0. The highest BCUT2D eigenvalue weighted by molar-refractivity contribution is 5.39. The lowest BCUT2D eigenvalue weighted by Crippen LogP contribution is -2.24. The highest BCUT2D eigenvalue weighted by Crippen LogP contribution is 2.15. The van der Waals surface area contributed by atoms with Crippen molar-refractivity contribution in [1.29, 1.82) is 0 Å². The first-order valence-corrected chi connectivity index (χ1v) is 9.71. The molecule has 0 fully saturated rings. The van der Waals surface area contributed by atoms with Crippen LogP contribution in [0.1, 0.15) is 24.0 Å². The molecule has 4 aromatic heterocycles. The average Bonchev–Trinajstić information content (AvgIpc) is 2.81. The number of anilines is 1. The van der Waals surface area contributed by atoms with Crippen molar-refractivity contribution in [3.05, 3.63) is 115 Å². The van der Waals surface area contributed by atoms with Crippen molar-refractivity contribution in [3.8, 4) is 0 Å². The molecule has 0 N–H and O–H groups in total. The fourth-order valence-electron chi connectivity index (χ4n) is 2.74. The van der Waals surface area contributed by atoms with Gasteiger partial charge in [-0.15, -0.1) is 0 Å². The number of nitrogens with zero attached hydrogens (tertiary/aromatic N) is 5. The van der Waals surface area contributed by atoms with Gasteiger partial charge in [-0.1, -0.05) is 31.2 Å². The van der Waals surface area contributed by atoms with Crippen LogP contribution in [0.5, 0.6) is 0 Å². The van der Waals surface area contributed by atoms with Gasteiger partial charge in [0.2, 0.25) is 0 Å². The first-order chi connectivity index (χ1) is 14.3. The molecule has 0 aliphatic rings. The van der Waals surface area contributed by atoms with Gasteiger partial charge in [-0.05, 0) is 55.0 Å². The van der Waals surface area contributed by atoms with E-state index in [1.807, 2.05) is 91.4 Å². The van der Waals surface area contributed by atoms with Gasteiger partial charge in [0.1, 0.15) is 5.82 Å². The van der Waals surface area contributed by atoms with Crippen molar-refractivity contribution in [2.45, 2.75) is 26.4 Å². The minimum Gasteiger partial charge on any atom is -0.345 e. The SMILES string of the molecule is CCc1ccccn1.c1ccc(CN(Cc2ccccn2)c2ccccn2)nc1. The van der Waals surface area contributed by atoms with Crippen molar-refractivity contribution >= 4 is 5.82 Å². The summed E-state index contributed by atoms with van der Waals surface area (Å²) in [5.74, 6) is 0.925. The largest absolute Gasteiger partial charge is 0.345 e. The lowest BCUT2D eigenvalue weighted by Gasteiger charge is -2.23. The molecule has 0 saturated heterocycles. The fraction of sp³-hybridized carbons (Fsp3) is 0.167. The van der Waals surface area contributed by atoms with Crippen LogP contribution >= 0.6 is 0 Å². The molecule has 146 valence electrons. The number of hydrogen-bond donors (Lipinski definition) is 0. The molecule has 4 heterocycles. The molecule has 4 rings (SSSR count). The van der Waals surface area contributed by atoms with Crippen LogP contribution in [0.2, 0.25) is 0 Å². The standard InChI is InChI=1S/C17H16N4.C7H9N/c1-4-10-18-15(7-1)13-21(17-9-3-6-12-20-17)14-16-8-2-5-11-19-16;1-2-7-5-3-4-6-8-7/h1-12H,13-14H2;3-6H,2H2,1H3. The average molecular weight is 383 g/mol. The Hall–Kier alpha value is -3.60. The third-order valence-electron chi connectivity index (χ3n) is 4.22. The van der Waals surface area contributed by atoms with Crippen molar-refractivity contribution < 1.29 is 0 Å². The van der Waals surface area contributed by atoms with E-state index in [1.54, 1.807) is 6.20 Å². The van der Waals surface area contributed by atoms with Crippen LogP contribution in [0.3, 0.4) is 0 Å². The second-order valence-corrected chi connectivity index (χ2v) is 6.36. The Labute approximate surface area is 172 Å². The van der Waals surface area contributed by atoms with E-state index in [4.69, 9.17) is 0 Å². The minimum atomic E-state index is 0.703. The van der Waals surface area contributed by atoms with Gasteiger partial charge in [-0.3, -0.25) is 15.0 Å². The van der Waals surface area contributed by atoms with Gasteiger partial charge in [0.15, 0.2) is 0 Å². The summed E-state index contributed by atoms with van der Waals surface area (Å²) in [5.41, 5.74) is 3.19. The van der Waals surface area contributed by atoms with Crippen molar-refractivity contribution in [2.24, 2.45) is 0 Å². The summed E-state index contributed by atoms with van der Waals surface area (Å²) >= 11 is 0. The van der Waals surface area contributed by atoms with Gasteiger partial charge in [0, 0.05) is 30.5 Å². The van der Waals surface area contributed by atoms with E-state index in [0.717, 1.165) is 29.3 Å². The Morgan fingerprint density at radius 1 is 0.552 bits per heavy atom. The highest BCUT2D eigenvalue weighted by Gasteiger charge is 2.10. The smallest absolute Gasteiger partial charge is 0.129 e. The molecule has 5 nitrogen and oxygen atoms in total. The second kappa shape index (κ2) is 11.3. The maximum atomic E-state index is 4.44. The van der Waals surface area contributed by atoms with E-state index in [0.29, 0.717) is 13.1 Å². The fourth-order valence-corrected chi connectivity index (χ4v) is 2.74. The summed E-state index contributed by atoms with van der Waals surface area (Å²) in [6, 6.07) is 23.8. The molecule has 0 aromatic carbocycles. The molecular weight excluding hydrogens is 358 g/mol.